The van der Waals surface area contributed by atoms with E-state index in [0.29, 0.717) is 0 Å². The van der Waals surface area contributed by atoms with Crippen LogP contribution in [0.15, 0.2) is 12.1 Å². The molecular formula is C9H10Cl2N2O4S. The van der Waals surface area contributed by atoms with Crippen LogP contribution in [0.2, 0.25) is 10.0 Å². The fraction of sp³-hybridized carbons (Fsp3) is 0.222. The molecule has 0 aliphatic rings. The Hall–Kier alpha value is -1.02. The Kier molecular flexibility index (Phi) is 4.44. The molecule has 0 radical (unpaired) electrons. The number of carboxylic acids is 1. The molecule has 2 N–H and O–H groups in total. The summed E-state index contributed by atoms with van der Waals surface area (Å²) in [5, 5.41) is 8.99. The van der Waals surface area contributed by atoms with E-state index < -0.39 is 16.2 Å². The number of rotatable bonds is 4. The van der Waals surface area contributed by atoms with Crippen molar-refractivity contribution in [3.8, 4) is 0 Å². The van der Waals surface area contributed by atoms with Crippen LogP contribution < -0.4 is 4.72 Å². The maximum Gasteiger partial charge on any atom is 0.337 e. The van der Waals surface area contributed by atoms with Crippen LogP contribution in [0.1, 0.15) is 10.4 Å². The van der Waals surface area contributed by atoms with Crippen LogP contribution in [-0.2, 0) is 10.2 Å². The predicted molar refractivity (Wildman–Crippen MR) is 69.7 cm³/mol. The first-order valence-corrected chi connectivity index (χ1v) is 6.77. The number of hydrogen-bond acceptors (Lipinski definition) is 3. The third-order valence-electron chi connectivity index (χ3n) is 2.00. The molecule has 1 rings (SSSR count). The number of aromatic carboxylic acids is 1. The Balaban J connectivity index is 3.37. The van der Waals surface area contributed by atoms with E-state index >= 15 is 0 Å². The van der Waals surface area contributed by atoms with E-state index in [4.69, 9.17) is 28.3 Å². The molecule has 1 aromatic rings. The van der Waals surface area contributed by atoms with Gasteiger partial charge in [0.2, 0.25) is 0 Å². The van der Waals surface area contributed by atoms with Crippen LogP contribution in [-0.4, -0.2) is 37.9 Å². The Morgan fingerprint density at radius 1 is 1.33 bits per heavy atom. The number of benzene rings is 1. The molecule has 0 saturated carbocycles. The van der Waals surface area contributed by atoms with Crippen molar-refractivity contribution >= 4 is 45.1 Å². The van der Waals surface area contributed by atoms with Gasteiger partial charge in [0.25, 0.3) is 0 Å². The van der Waals surface area contributed by atoms with Crippen molar-refractivity contribution in [2.75, 3.05) is 18.8 Å². The second kappa shape index (κ2) is 5.31. The van der Waals surface area contributed by atoms with Crippen molar-refractivity contribution in [3.05, 3.63) is 27.7 Å². The van der Waals surface area contributed by atoms with Gasteiger partial charge in [-0.1, -0.05) is 23.2 Å². The Labute approximate surface area is 114 Å². The molecule has 0 aliphatic carbocycles. The monoisotopic (exact) mass is 312 g/mol. The summed E-state index contributed by atoms with van der Waals surface area (Å²) in [6.07, 6.45) is 0. The number of nitrogens with zero attached hydrogens (tertiary/aromatic N) is 1. The number of halogens is 2. The van der Waals surface area contributed by atoms with E-state index in [0.717, 1.165) is 10.4 Å². The Morgan fingerprint density at radius 2 is 1.89 bits per heavy atom. The third-order valence-corrected chi connectivity index (χ3v) is 3.94. The summed E-state index contributed by atoms with van der Waals surface area (Å²) < 4.78 is 26.3. The molecule has 0 heterocycles. The average Bonchev–Trinajstić information content (AvgIpc) is 2.21. The van der Waals surface area contributed by atoms with Crippen LogP contribution in [0.4, 0.5) is 5.69 Å². The minimum absolute atomic E-state index is 0.0923. The average molecular weight is 313 g/mol. The van der Waals surface area contributed by atoms with Gasteiger partial charge in [0.15, 0.2) is 0 Å². The zero-order valence-electron chi connectivity index (χ0n) is 9.44. The van der Waals surface area contributed by atoms with Crippen molar-refractivity contribution in [1.82, 2.24) is 4.31 Å². The van der Waals surface area contributed by atoms with Crippen molar-refractivity contribution < 1.29 is 18.3 Å². The van der Waals surface area contributed by atoms with E-state index in [1.807, 2.05) is 0 Å². The lowest BCUT2D eigenvalue weighted by Crippen LogP contribution is -2.29. The van der Waals surface area contributed by atoms with Crippen LogP contribution in [0, 0.1) is 0 Å². The summed E-state index contributed by atoms with van der Waals surface area (Å²) in [7, 11) is -1.25. The molecule has 0 amide bonds. The number of carbonyl (C=O) groups is 1. The number of nitrogens with one attached hydrogen (secondary N) is 1. The van der Waals surface area contributed by atoms with Crippen molar-refractivity contribution in [1.29, 1.82) is 0 Å². The lowest BCUT2D eigenvalue weighted by molar-refractivity contribution is 0.0698. The summed E-state index contributed by atoms with van der Waals surface area (Å²) in [6, 6.07) is 2.37. The Bertz CT molecular complexity index is 586. The van der Waals surface area contributed by atoms with Crippen LogP contribution in [0.3, 0.4) is 0 Å². The quantitative estimate of drug-likeness (QED) is 0.889. The van der Waals surface area contributed by atoms with Gasteiger partial charge in [0, 0.05) is 19.1 Å². The molecule has 6 nitrogen and oxygen atoms in total. The van der Waals surface area contributed by atoms with Crippen LogP contribution >= 0.6 is 23.2 Å². The number of carboxylic acid groups (broad SMARTS) is 1. The van der Waals surface area contributed by atoms with Gasteiger partial charge >= 0.3 is 16.2 Å². The molecule has 0 aliphatic heterocycles. The molecule has 0 atom stereocenters. The topological polar surface area (TPSA) is 86.7 Å². The largest absolute Gasteiger partial charge is 0.478 e. The first-order chi connectivity index (χ1) is 8.15. The van der Waals surface area contributed by atoms with Gasteiger partial charge < -0.3 is 5.11 Å². The molecular weight excluding hydrogens is 303 g/mol. The SMILES string of the molecule is CN(C)S(=O)(=O)Nc1c(Cl)cc(Cl)cc1C(=O)O. The van der Waals surface area contributed by atoms with Gasteiger partial charge in [0.1, 0.15) is 0 Å². The van der Waals surface area contributed by atoms with Crippen LogP contribution in [0.5, 0.6) is 0 Å². The second-order valence-corrected chi connectivity index (χ2v) is 6.23. The van der Waals surface area contributed by atoms with Gasteiger partial charge in [-0.15, -0.1) is 0 Å². The zero-order valence-corrected chi connectivity index (χ0v) is 11.8. The maximum absolute atomic E-state index is 11.6. The molecule has 100 valence electrons. The van der Waals surface area contributed by atoms with E-state index in [-0.39, 0.29) is 21.3 Å². The van der Waals surface area contributed by atoms with Crippen molar-refractivity contribution in [2.45, 2.75) is 0 Å². The third kappa shape index (κ3) is 3.26. The fourth-order valence-electron chi connectivity index (χ4n) is 1.07. The fourth-order valence-corrected chi connectivity index (χ4v) is 2.32. The number of hydrogen-bond donors (Lipinski definition) is 2. The first kappa shape index (κ1) is 15.0. The Morgan fingerprint density at radius 3 is 2.33 bits per heavy atom. The van der Waals surface area contributed by atoms with Gasteiger partial charge in [-0.05, 0) is 12.1 Å². The summed E-state index contributed by atoms with van der Waals surface area (Å²) in [5.74, 6) is -1.34. The zero-order chi connectivity index (χ0) is 14.1. The smallest absolute Gasteiger partial charge is 0.337 e. The van der Waals surface area contributed by atoms with E-state index in [1.54, 1.807) is 0 Å². The highest BCUT2D eigenvalue weighted by atomic mass is 35.5. The van der Waals surface area contributed by atoms with E-state index in [9.17, 15) is 13.2 Å². The highest BCUT2D eigenvalue weighted by molar-refractivity contribution is 7.90. The highest BCUT2D eigenvalue weighted by Crippen LogP contribution is 2.31. The summed E-state index contributed by atoms with van der Waals surface area (Å²) >= 11 is 11.5. The van der Waals surface area contributed by atoms with Gasteiger partial charge in [-0.25, -0.2) is 4.79 Å². The lowest BCUT2D eigenvalue weighted by Gasteiger charge is -2.16. The molecule has 0 bridgehead atoms. The number of anilines is 1. The maximum atomic E-state index is 11.6. The van der Waals surface area contributed by atoms with Gasteiger partial charge in [-0.3, -0.25) is 4.72 Å². The summed E-state index contributed by atoms with van der Waals surface area (Å²) in [4.78, 5) is 11.0. The first-order valence-electron chi connectivity index (χ1n) is 4.57. The summed E-state index contributed by atoms with van der Waals surface area (Å²) in [5.41, 5.74) is -0.541. The normalized spacial score (nSPS) is 11.6. The standard InChI is InChI=1S/C9H10Cl2N2O4S/c1-13(2)18(16,17)12-8-6(9(14)15)3-5(10)4-7(8)11/h3-4,12H,1-2H3,(H,14,15). The lowest BCUT2D eigenvalue weighted by atomic mass is 10.2. The molecule has 0 unspecified atom stereocenters. The van der Waals surface area contributed by atoms with Gasteiger partial charge in [-0.2, -0.15) is 12.7 Å². The summed E-state index contributed by atoms with van der Waals surface area (Å²) in [6.45, 7) is 0. The van der Waals surface area contributed by atoms with Crippen LogP contribution in [0.25, 0.3) is 0 Å². The second-order valence-electron chi connectivity index (χ2n) is 3.50. The minimum atomic E-state index is -3.85. The van der Waals surface area contributed by atoms with Crippen molar-refractivity contribution in [2.24, 2.45) is 0 Å². The van der Waals surface area contributed by atoms with E-state index in [2.05, 4.69) is 4.72 Å². The molecule has 1 aromatic carbocycles. The molecule has 0 aromatic heterocycles. The molecule has 0 saturated heterocycles. The van der Waals surface area contributed by atoms with E-state index in [1.165, 1.54) is 20.2 Å². The van der Waals surface area contributed by atoms with Gasteiger partial charge in [0.05, 0.1) is 16.3 Å². The highest BCUT2D eigenvalue weighted by Gasteiger charge is 2.21. The molecule has 18 heavy (non-hydrogen) atoms. The van der Waals surface area contributed by atoms with Crippen molar-refractivity contribution in [3.63, 3.8) is 0 Å². The molecule has 0 fully saturated rings. The molecule has 0 spiro atoms. The predicted octanol–water partition coefficient (Wildman–Crippen LogP) is 1.91. The minimum Gasteiger partial charge on any atom is -0.478 e. The molecule has 9 heteroatoms.